The molecule has 2 N–H and O–H groups in total. The van der Waals surface area contributed by atoms with Crippen LogP contribution in [-0.4, -0.2) is 21.9 Å². The Morgan fingerprint density at radius 2 is 1.68 bits per heavy atom. The Kier molecular flexibility index (Phi) is 6.06. The summed E-state index contributed by atoms with van der Waals surface area (Å²) < 4.78 is 44.0. The number of halogens is 6. The summed E-state index contributed by atoms with van der Waals surface area (Å²) in [5, 5.41) is 9.39. The summed E-state index contributed by atoms with van der Waals surface area (Å²) >= 11 is 12.9. The maximum Gasteiger partial charge on any atom is 0.410 e. The highest BCUT2D eigenvalue weighted by Crippen LogP contribution is 2.46. The topological polar surface area (TPSA) is 59.0 Å². The molecule has 0 radical (unpaired) electrons. The van der Waals surface area contributed by atoms with Gasteiger partial charge in [-0.3, -0.25) is 4.79 Å². The van der Waals surface area contributed by atoms with Crippen LogP contribution in [0.5, 0.6) is 0 Å². The lowest BCUT2D eigenvalue weighted by Crippen LogP contribution is -2.35. The zero-order chi connectivity index (χ0) is 22.3. The van der Waals surface area contributed by atoms with Gasteiger partial charge in [-0.25, -0.2) is 4.68 Å². The summed E-state index contributed by atoms with van der Waals surface area (Å²) in [5.41, 5.74) is 0.850. The summed E-state index contributed by atoms with van der Waals surface area (Å²) in [6.45, 7) is 0. The smallest absolute Gasteiger partial charge is 0.362 e. The highest BCUT2D eigenvalue weighted by molar-refractivity contribution is 9.10. The van der Waals surface area contributed by atoms with E-state index < -0.39 is 24.2 Å². The highest BCUT2D eigenvalue weighted by atomic mass is 79.9. The van der Waals surface area contributed by atoms with E-state index >= 15 is 0 Å². The molecule has 2 atom stereocenters. The van der Waals surface area contributed by atoms with Gasteiger partial charge in [-0.05, 0) is 42.0 Å². The van der Waals surface area contributed by atoms with Crippen molar-refractivity contribution in [1.82, 2.24) is 9.78 Å². The number of amides is 1. The molecule has 1 aliphatic heterocycles. The molecule has 0 spiro atoms. The van der Waals surface area contributed by atoms with E-state index in [-0.39, 0.29) is 23.0 Å². The number of aromatic nitrogens is 2. The van der Waals surface area contributed by atoms with Crippen molar-refractivity contribution in [2.45, 2.75) is 24.7 Å². The maximum absolute atomic E-state index is 13.9. The molecule has 1 amide bonds. The largest absolute Gasteiger partial charge is 0.410 e. The quantitative estimate of drug-likeness (QED) is 0.353. The van der Waals surface area contributed by atoms with Crippen LogP contribution in [0.25, 0.3) is 0 Å². The van der Waals surface area contributed by atoms with Crippen LogP contribution in [0.4, 0.5) is 24.7 Å². The second-order valence-corrected chi connectivity index (χ2v) is 9.17. The number of rotatable bonds is 3. The fraction of sp³-hybridized carbons (Fsp3) is 0.200. The molecular weight excluding hydrogens is 565 g/mol. The third kappa shape index (κ3) is 4.61. The van der Waals surface area contributed by atoms with E-state index in [1.807, 2.05) is 0 Å². The minimum atomic E-state index is -4.57. The van der Waals surface area contributed by atoms with E-state index in [2.05, 4.69) is 47.6 Å². The summed E-state index contributed by atoms with van der Waals surface area (Å²) in [5.74, 6) is -0.735. The monoisotopic (exact) mass is 576 g/mol. The van der Waals surface area contributed by atoms with Crippen LogP contribution in [0, 0.1) is 0 Å². The van der Waals surface area contributed by atoms with Crippen molar-refractivity contribution in [1.29, 1.82) is 0 Å². The van der Waals surface area contributed by atoms with E-state index in [1.165, 1.54) is 0 Å². The summed E-state index contributed by atoms with van der Waals surface area (Å²) in [6.07, 6.45) is -4.86. The van der Waals surface area contributed by atoms with E-state index in [1.54, 1.807) is 48.5 Å². The molecule has 162 valence electrons. The Hall–Kier alpha value is -2.04. The van der Waals surface area contributed by atoms with Crippen molar-refractivity contribution in [3.8, 4) is 0 Å². The molecular formula is C20H14Br2ClF3N4O. The molecule has 31 heavy (non-hydrogen) atoms. The second-order valence-electron chi connectivity index (χ2n) is 6.96. The van der Waals surface area contributed by atoms with E-state index in [9.17, 15) is 18.0 Å². The number of fused-ring (bicyclic) bond motifs is 1. The number of hydrogen-bond donors (Lipinski definition) is 2. The lowest BCUT2D eigenvalue weighted by molar-refractivity contribution is -0.173. The first-order valence-corrected chi connectivity index (χ1v) is 11.0. The standard InChI is InChI=1S/C20H14Br2ClF3N4O/c21-11-3-1-10(2-4-11)14-9-15(20(24,25)26)30-18(28-14)16(23)17(29-30)19(31)27-13-7-5-12(22)6-8-13/h1-8,14-15,28H,9H2,(H,27,31). The average molecular weight is 579 g/mol. The Labute approximate surface area is 197 Å². The molecule has 0 aliphatic carbocycles. The van der Waals surface area contributed by atoms with Gasteiger partial charge >= 0.3 is 6.18 Å². The van der Waals surface area contributed by atoms with Gasteiger partial charge in [0, 0.05) is 21.1 Å². The first-order chi connectivity index (χ1) is 14.6. The molecule has 2 heterocycles. The highest BCUT2D eigenvalue weighted by Gasteiger charge is 2.47. The number of nitrogens with one attached hydrogen (secondary N) is 2. The lowest BCUT2D eigenvalue weighted by Gasteiger charge is -2.33. The minimum Gasteiger partial charge on any atom is -0.362 e. The molecule has 1 aromatic heterocycles. The number of anilines is 2. The number of hydrogen-bond acceptors (Lipinski definition) is 3. The van der Waals surface area contributed by atoms with Gasteiger partial charge in [0.2, 0.25) is 0 Å². The summed E-state index contributed by atoms with van der Waals surface area (Å²) in [4.78, 5) is 12.7. The van der Waals surface area contributed by atoms with Gasteiger partial charge in [0.05, 0.1) is 6.04 Å². The van der Waals surface area contributed by atoms with Gasteiger partial charge < -0.3 is 10.6 Å². The Morgan fingerprint density at radius 3 is 2.26 bits per heavy atom. The van der Waals surface area contributed by atoms with E-state index in [0.717, 1.165) is 13.6 Å². The lowest BCUT2D eigenvalue weighted by atomic mass is 9.97. The average Bonchev–Trinajstić information content (AvgIpc) is 3.05. The molecule has 11 heteroatoms. The van der Waals surface area contributed by atoms with Crippen molar-refractivity contribution in [2.24, 2.45) is 0 Å². The Morgan fingerprint density at radius 1 is 1.10 bits per heavy atom. The van der Waals surface area contributed by atoms with Gasteiger partial charge in [0.15, 0.2) is 11.7 Å². The number of carbonyl (C=O) groups excluding carboxylic acids is 1. The molecule has 3 aromatic rings. The molecule has 0 saturated heterocycles. The second kappa shape index (κ2) is 8.48. The molecule has 2 aromatic carbocycles. The van der Waals surface area contributed by atoms with Crippen LogP contribution in [-0.2, 0) is 0 Å². The summed E-state index contributed by atoms with van der Waals surface area (Å²) in [6, 6.07) is 11.1. The first-order valence-electron chi connectivity index (χ1n) is 9.07. The molecule has 4 rings (SSSR count). The fourth-order valence-electron chi connectivity index (χ4n) is 3.37. The maximum atomic E-state index is 13.9. The predicted molar refractivity (Wildman–Crippen MR) is 120 cm³/mol. The van der Waals surface area contributed by atoms with Gasteiger partial charge in [-0.2, -0.15) is 18.3 Å². The van der Waals surface area contributed by atoms with E-state index in [4.69, 9.17) is 11.6 Å². The SMILES string of the molecule is O=C(Nc1ccc(Br)cc1)c1nn2c(c1Cl)NC(c1ccc(Br)cc1)CC2C(F)(F)F. The number of benzene rings is 2. The van der Waals surface area contributed by atoms with Gasteiger partial charge in [0.1, 0.15) is 10.8 Å². The van der Waals surface area contributed by atoms with Crippen molar-refractivity contribution in [3.63, 3.8) is 0 Å². The van der Waals surface area contributed by atoms with Crippen LogP contribution in [0.15, 0.2) is 57.5 Å². The van der Waals surface area contributed by atoms with Gasteiger partial charge in [0.25, 0.3) is 5.91 Å². The molecule has 0 saturated carbocycles. The van der Waals surface area contributed by atoms with Gasteiger partial charge in [-0.1, -0.05) is 55.6 Å². The Bertz CT molecular complexity index is 1120. The zero-order valence-electron chi connectivity index (χ0n) is 15.6. The predicted octanol–water partition coefficient (Wildman–Crippen LogP) is 6.97. The molecule has 1 aliphatic rings. The molecule has 2 unspecified atom stereocenters. The third-order valence-corrected chi connectivity index (χ3v) is 6.30. The normalized spacial score (nSPS) is 18.3. The van der Waals surface area contributed by atoms with Crippen LogP contribution in [0.1, 0.15) is 34.6 Å². The molecule has 0 bridgehead atoms. The third-order valence-electron chi connectivity index (χ3n) is 4.89. The van der Waals surface area contributed by atoms with Crippen LogP contribution in [0.3, 0.4) is 0 Å². The van der Waals surface area contributed by atoms with Crippen LogP contribution in [0.2, 0.25) is 5.02 Å². The number of carbonyl (C=O) groups is 1. The van der Waals surface area contributed by atoms with E-state index in [0.29, 0.717) is 11.3 Å². The Balaban J connectivity index is 1.69. The molecule has 0 fully saturated rings. The van der Waals surface area contributed by atoms with Crippen molar-refractivity contribution in [3.05, 3.63) is 73.8 Å². The van der Waals surface area contributed by atoms with Crippen molar-refractivity contribution in [2.75, 3.05) is 10.6 Å². The first kappa shape index (κ1) is 22.2. The van der Waals surface area contributed by atoms with Crippen LogP contribution < -0.4 is 10.6 Å². The molecule has 5 nitrogen and oxygen atoms in total. The zero-order valence-corrected chi connectivity index (χ0v) is 19.5. The van der Waals surface area contributed by atoms with Crippen LogP contribution >= 0.6 is 43.5 Å². The van der Waals surface area contributed by atoms with Crippen molar-refractivity contribution < 1.29 is 18.0 Å². The number of nitrogens with zero attached hydrogens (tertiary/aromatic N) is 2. The van der Waals surface area contributed by atoms with Gasteiger partial charge in [-0.15, -0.1) is 0 Å². The number of alkyl halides is 3. The minimum absolute atomic E-state index is 0.0379. The summed E-state index contributed by atoms with van der Waals surface area (Å²) in [7, 11) is 0. The fourth-order valence-corrected chi connectivity index (χ4v) is 4.17. The van der Waals surface area contributed by atoms with Crippen molar-refractivity contribution >= 4 is 60.9 Å².